The van der Waals surface area contributed by atoms with E-state index in [1.165, 1.54) is 5.56 Å². The smallest absolute Gasteiger partial charge is 0.269 e. The number of aryl methyl sites for hydroxylation is 1. The van der Waals surface area contributed by atoms with Gasteiger partial charge in [-0.2, -0.15) is 0 Å². The van der Waals surface area contributed by atoms with E-state index >= 15 is 0 Å². The van der Waals surface area contributed by atoms with Crippen molar-refractivity contribution in [2.45, 2.75) is 19.8 Å². The topological polar surface area (TPSA) is 66.8 Å². The molecule has 1 amide bonds. The maximum Gasteiger partial charge on any atom is 0.269 e. The Hall–Kier alpha value is -1.70. The van der Waals surface area contributed by atoms with Crippen LogP contribution in [-0.2, 0) is 11.2 Å². The van der Waals surface area contributed by atoms with Crippen molar-refractivity contribution in [3.05, 3.63) is 35.4 Å². The maximum atomic E-state index is 12.0. The lowest BCUT2D eigenvalue weighted by Crippen LogP contribution is -3.14. The predicted octanol–water partition coefficient (Wildman–Crippen LogP) is -0.337. The van der Waals surface area contributed by atoms with Gasteiger partial charge >= 0.3 is 0 Å². The molecule has 6 nitrogen and oxygen atoms in total. The second-order valence-electron chi connectivity index (χ2n) is 5.85. The van der Waals surface area contributed by atoms with Crippen LogP contribution >= 0.6 is 12.2 Å². The van der Waals surface area contributed by atoms with E-state index in [9.17, 15) is 4.79 Å². The van der Waals surface area contributed by atoms with Crippen LogP contribution in [0.5, 0.6) is 0 Å². The number of hydrogen-bond donors (Lipinski definition) is 4. The van der Waals surface area contributed by atoms with Crippen LogP contribution in [0.15, 0.2) is 24.3 Å². The van der Waals surface area contributed by atoms with Crippen LogP contribution in [-0.4, -0.2) is 50.4 Å². The highest BCUT2D eigenvalue weighted by Crippen LogP contribution is 2.04. The van der Waals surface area contributed by atoms with Gasteiger partial charge in [-0.3, -0.25) is 15.6 Å². The largest absolute Gasteiger partial charge is 0.370 e. The van der Waals surface area contributed by atoms with Crippen molar-refractivity contribution in [1.29, 1.82) is 0 Å². The molecule has 0 unspecified atom stereocenters. The molecule has 1 saturated heterocycles. The SMILES string of the molecule is CCc1ccc(C(=O)NNC(=S)NCCC[NH+]2CCOCC2)cc1. The summed E-state index contributed by atoms with van der Waals surface area (Å²) in [4.78, 5) is 13.6. The summed E-state index contributed by atoms with van der Waals surface area (Å²) in [6.45, 7) is 7.85. The van der Waals surface area contributed by atoms with Gasteiger partial charge in [0.1, 0.15) is 13.1 Å². The van der Waals surface area contributed by atoms with Crippen molar-refractivity contribution < 1.29 is 14.4 Å². The Morgan fingerprint density at radius 2 is 1.92 bits per heavy atom. The van der Waals surface area contributed by atoms with E-state index < -0.39 is 0 Å². The minimum absolute atomic E-state index is 0.195. The van der Waals surface area contributed by atoms with Crippen LogP contribution < -0.4 is 21.1 Å². The third kappa shape index (κ3) is 6.43. The molecule has 0 spiro atoms. The van der Waals surface area contributed by atoms with Gasteiger partial charge in [-0.15, -0.1) is 0 Å². The van der Waals surface area contributed by atoms with Crippen LogP contribution in [0.4, 0.5) is 0 Å². The van der Waals surface area contributed by atoms with E-state index in [0.29, 0.717) is 10.7 Å². The van der Waals surface area contributed by atoms with E-state index in [1.54, 1.807) is 4.90 Å². The second kappa shape index (κ2) is 10.2. The van der Waals surface area contributed by atoms with Crippen LogP contribution in [0.3, 0.4) is 0 Å². The maximum absolute atomic E-state index is 12.0. The number of morpholine rings is 1. The van der Waals surface area contributed by atoms with Crippen LogP contribution in [0.25, 0.3) is 0 Å². The van der Waals surface area contributed by atoms with E-state index in [0.717, 1.165) is 52.2 Å². The van der Waals surface area contributed by atoms with Gasteiger partial charge in [0, 0.05) is 18.5 Å². The first-order valence-electron chi connectivity index (χ1n) is 8.53. The highest BCUT2D eigenvalue weighted by Gasteiger charge is 2.12. The third-order valence-electron chi connectivity index (χ3n) is 4.11. The van der Waals surface area contributed by atoms with Crippen molar-refractivity contribution in [3.8, 4) is 0 Å². The van der Waals surface area contributed by atoms with Crippen LogP contribution in [0.2, 0.25) is 0 Å². The second-order valence-corrected chi connectivity index (χ2v) is 6.26. The van der Waals surface area contributed by atoms with Gasteiger partial charge in [0.2, 0.25) is 0 Å². The van der Waals surface area contributed by atoms with E-state index in [1.807, 2.05) is 24.3 Å². The van der Waals surface area contributed by atoms with Gasteiger partial charge in [-0.1, -0.05) is 19.1 Å². The minimum Gasteiger partial charge on any atom is -0.370 e. The average molecular weight is 351 g/mol. The Labute approximate surface area is 148 Å². The highest BCUT2D eigenvalue weighted by molar-refractivity contribution is 7.80. The molecule has 132 valence electrons. The summed E-state index contributed by atoms with van der Waals surface area (Å²) < 4.78 is 5.34. The summed E-state index contributed by atoms with van der Waals surface area (Å²) in [5, 5.41) is 3.54. The first kappa shape index (κ1) is 18.6. The normalized spacial score (nSPS) is 14.9. The summed E-state index contributed by atoms with van der Waals surface area (Å²) in [7, 11) is 0. The summed E-state index contributed by atoms with van der Waals surface area (Å²) >= 11 is 5.17. The lowest BCUT2D eigenvalue weighted by Gasteiger charge is -2.23. The summed E-state index contributed by atoms with van der Waals surface area (Å²) in [6, 6.07) is 7.55. The Kier molecular flexibility index (Phi) is 7.94. The Morgan fingerprint density at radius 1 is 1.21 bits per heavy atom. The van der Waals surface area contributed by atoms with Crippen molar-refractivity contribution in [3.63, 3.8) is 0 Å². The first-order chi connectivity index (χ1) is 11.7. The molecule has 24 heavy (non-hydrogen) atoms. The monoisotopic (exact) mass is 351 g/mol. The van der Waals surface area contributed by atoms with Gasteiger partial charge < -0.3 is 15.0 Å². The van der Waals surface area contributed by atoms with Crippen molar-refractivity contribution >= 4 is 23.2 Å². The molecule has 1 aromatic carbocycles. The van der Waals surface area contributed by atoms with Gasteiger partial charge in [-0.05, 0) is 36.3 Å². The van der Waals surface area contributed by atoms with E-state index in [4.69, 9.17) is 17.0 Å². The zero-order chi connectivity index (χ0) is 17.2. The van der Waals surface area contributed by atoms with E-state index in [2.05, 4.69) is 23.1 Å². The molecule has 0 radical (unpaired) electrons. The summed E-state index contributed by atoms with van der Waals surface area (Å²) in [5.41, 5.74) is 7.17. The quantitative estimate of drug-likeness (QED) is 0.321. The number of benzene rings is 1. The number of rotatable bonds is 6. The first-order valence-corrected chi connectivity index (χ1v) is 8.94. The lowest BCUT2D eigenvalue weighted by atomic mass is 10.1. The standard InChI is InChI=1S/C17H26N4O2S/c1-2-14-4-6-15(7-5-14)16(22)19-20-17(24)18-8-3-9-21-10-12-23-13-11-21/h4-7H,2-3,8-13H2,1H3,(H,19,22)(H2,18,20,24)/p+1. The van der Waals surface area contributed by atoms with Gasteiger partial charge in [0.05, 0.1) is 19.8 Å². The molecule has 1 aliphatic heterocycles. The van der Waals surface area contributed by atoms with Gasteiger partial charge in [-0.25, -0.2) is 0 Å². The molecule has 0 atom stereocenters. The van der Waals surface area contributed by atoms with Gasteiger partial charge in [0.15, 0.2) is 5.11 Å². The van der Waals surface area contributed by atoms with Gasteiger partial charge in [0.25, 0.3) is 5.91 Å². The van der Waals surface area contributed by atoms with Crippen molar-refractivity contribution in [2.75, 3.05) is 39.4 Å². The zero-order valence-electron chi connectivity index (χ0n) is 14.2. The average Bonchev–Trinajstić information content (AvgIpc) is 2.64. The molecule has 0 aromatic heterocycles. The van der Waals surface area contributed by atoms with Crippen LogP contribution in [0.1, 0.15) is 29.3 Å². The number of carbonyl (C=O) groups excluding carboxylic acids is 1. The molecule has 1 aromatic rings. The molecule has 1 heterocycles. The summed E-state index contributed by atoms with van der Waals surface area (Å²) in [6.07, 6.45) is 1.99. The molecule has 1 fully saturated rings. The van der Waals surface area contributed by atoms with E-state index in [-0.39, 0.29) is 5.91 Å². The number of hydrazine groups is 1. The number of quaternary nitrogens is 1. The minimum atomic E-state index is -0.195. The third-order valence-corrected chi connectivity index (χ3v) is 4.35. The number of carbonyl (C=O) groups is 1. The Bertz CT molecular complexity index is 530. The van der Waals surface area contributed by atoms with Crippen molar-refractivity contribution in [1.82, 2.24) is 16.2 Å². The fourth-order valence-electron chi connectivity index (χ4n) is 2.57. The van der Waals surface area contributed by atoms with Crippen molar-refractivity contribution in [2.24, 2.45) is 0 Å². The molecule has 0 bridgehead atoms. The highest BCUT2D eigenvalue weighted by atomic mass is 32.1. The fourth-order valence-corrected chi connectivity index (χ4v) is 2.73. The number of thiocarbonyl (C=S) groups is 1. The number of nitrogens with one attached hydrogen (secondary N) is 4. The molecule has 0 aliphatic carbocycles. The molecule has 0 saturated carbocycles. The molecular weight excluding hydrogens is 324 g/mol. The van der Waals surface area contributed by atoms with Crippen LogP contribution in [0, 0.1) is 0 Å². The number of ether oxygens (including phenoxy) is 1. The Morgan fingerprint density at radius 3 is 2.58 bits per heavy atom. The molecule has 1 aliphatic rings. The number of hydrogen-bond acceptors (Lipinski definition) is 3. The molecular formula is C17H27N4O2S+. The zero-order valence-corrected chi connectivity index (χ0v) is 15.0. The fraction of sp³-hybridized carbons (Fsp3) is 0.529. The molecule has 2 rings (SSSR count). The molecule has 7 heteroatoms. The Balaban J connectivity index is 1.58. The predicted molar refractivity (Wildman–Crippen MR) is 98.0 cm³/mol. The molecule has 4 N–H and O–H groups in total. The number of amides is 1. The lowest BCUT2D eigenvalue weighted by molar-refractivity contribution is -0.908. The summed E-state index contributed by atoms with van der Waals surface area (Å²) in [5.74, 6) is -0.195.